The summed E-state index contributed by atoms with van der Waals surface area (Å²) in [6, 6.07) is 3.34. The lowest BCUT2D eigenvalue weighted by Gasteiger charge is -2.19. The van der Waals surface area contributed by atoms with Gasteiger partial charge in [0.05, 0.1) is 11.8 Å². The van der Waals surface area contributed by atoms with Crippen LogP contribution < -0.4 is 5.32 Å². The second-order valence-corrected chi connectivity index (χ2v) is 6.50. The van der Waals surface area contributed by atoms with Crippen LogP contribution in [0.25, 0.3) is 0 Å². The Bertz CT molecular complexity index is 517. The van der Waals surface area contributed by atoms with Gasteiger partial charge in [0.1, 0.15) is 0 Å². The monoisotopic (exact) mass is 299 g/mol. The second kappa shape index (κ2) is 7.96. The summed E-state index contributed by atoms with van der Waals surface area (Å²) in [5.74, 6) is -0.248. The predicted octanol–water partition coefficient (Wildman–Crippen LogP) is 0.873. The van der Waals surface area contributed by atoms with Gasteiger partial charge in [-0.3, -0.25) is 9.78 Å². The Morgan fingerprint density at radius 2 is 2.15 bits per heavy atom. The average Bonchev–Trinajstić information content (AvgIpc) is 2.42. The van der Waals surface area contributed by atoms with E-state index in [1.165, 1.54) is 16.8 Å². The molecule has 0 aliphatic carbocycles. The van der Waals surface area contributed by atoms with Crippen LogP contribution >= 0.6 is 0 Å². The highest BCUT2D eigenvalue weighted by Gasteiger charge is 2.15. The molecule has 0 atom stereocenters. The van der Waals surface area contributed by atoms with Gasteiger partial charge in [-0.15, -0.1) is 0 Å². The summed E-state index contributed by atoms with van der Waals surface area (Å²) in [6.07, 6.45) is 5.98. The molecule has 0 unspecified atom stereocenters. The molecular weight excluding hydrogens is 278 g/mol. The Morgan fingerprint density at radius 1 is 1.40 bits per heavy atom. The first-order valence-corrected chi connectivity index (χ1v) is 8.43. The number of carbonyl (C=O) groups is 1. The molecule has 0 aliphatic rings. The number of unbranched alkanes of at least 4 members (excludes halogenated alkanes) is 1. The molecule has 7 heteroatoms. The molecule has 1 aromatic rings. The van der Waals surface area contributed by atoms with Gasteiger partial charge in [0.15, 0.2) is 0 Å². The van der Waals surface area contributed by atoms with Crippen LogP contribution in [0.2, 0.25) is 0 Å². The van der Waals surface area contributed by atoms with Gasteiger partial charge in [-0.1, -0.05) is 13.3 Å². The van der Waals surface area contributed by atoms with Gasteiger partial charge in [-0.05, 0) is 18.6 Å². The van der Waals surface area contributed by atoms with Crippen LogP contribution in [-0.2, 0) is 10.0 Å². The zero-order valence-corrected chi connectivity index (χ0v) is 12.7. The third-order valence-electron chi connectivity index (χ3n) is 2.80. The van der Waals surface area contributed by atoms with E-state index in [1.807, 2.05) is 6.92 Å². The fourth-order valence-corrected chi connectivity index (χ4v) is 2.55. The van der Waals surface area contributed by atoms with Crippen LogP contribution in [0.5, 0.6) is 0 Å². The first-order chi connectivity index (χ1) is 9.45. The zero-order valence-electron chi connectivity index (χ0n) is 11.9. The highest BCUT2D eigenvalue weighted by atomic mass is 32.2. The Kier molecular flexibility index (Phi) is 6.60. The second-order valence-electron chi connectivity index (χ2n) is 4.51. The molecule has 0 aliphatic heterocycles. The maximum Gasteiger partial charge on any atom is 0.252 e. The number of hydrogen-bond donors (Lipinski definition) is 1. The molecule has 1 amide bonds. The van der Waals surface area contributed by atoms with Crippen molar-refractivity contribution in [3.05, 3.63) is 30.1 Å². The van der Waals surface area contributed by atoms with Gasteiger partial charge >= 0.3 is 0 Å². The van der Waals surface area contributed by atoms with Crippen molar-refractivity contribution in [2.45, 2.75) is 19.8 Å². The molecule has 0 saturated heterocycles. The van der Waals surface area contributed by atoms with Gasteiger partial charge in [-0.25, -0.2) is 12.7 Å². The first kappa shape index (κ1) is 16.6. The largest absolute Gasteiger partial charge is 0.351 e. The van der Waals surface area contributed by atoms with E-state index in [9.17, 15) is 13.2 Å². The van der Waals surface area contributed by atoms with Crippen molar-refractivity contribution in [3.8, 4) is 0 Å². The van der Waals surface area contributed by atoms with Crippen LogP contribution in [0.3, 0.4) is 0 Å². The summed E-state index contributed by atoms with van der Waals surface area (Å²) >= 11 is 0. The van der Waals surface area contributed by atoms with Crippen molar-refractivity contribution in [2.24, 2.45) is 0 Å². The Hall–Kier alpha value is -1.47. The number of hydrogen-bond acceptors (Lipinski definition) is 4. The third-order valence-corrected chi connectivity index (χ3v) is 4.10. The van der Waals surface area contributed by atoms with Gasteiger partial charge < -0.3 is 5.32 Å². The number of nitrogens with zero attached hydrogens (tertiary/aromatic N) is 2. The lowest BCUT2D eigenvalue weighted by Crippen LogP contribution is -2.38. The van der Waals surface area contributed by atoms with Crippen molar-refractivity contribution >= 4 is 15.9 Å². The molecule has 20 heavy (non-hydrogen) atoms. The van der Waals surface area contributed by atoms with Crippen LogP contribution in [0.15, 0.2) is 24.5 Å². The summed E-state index contributed by atoms with van der Waals surface area (Å²) in [5, 5.41) is 2.69. The van der Waals surface area contributed by atoms with Crippen LogP contribution in [0.4, 0.5) is 0 Å². The minimum Gasteiger partial charge on any atom is -0.351 e. The van der Waals surface area contributed by atoms with Crippen LogP contribution in [-0.4, -0.2) is 49.5 Å². The topological polar surface area (TPSA) is 79.4 Å². The lowest BCUT2D eigenvalue weighted by molar-refractivity contribution is 0.0951. The summed E-state index contributed by atoms with van der Waals surface area (Å²) in [7, 11) is -3.23. The van der Waals surface area contributed by atoms with E-state index in [4.69, 9.17) is 0 Å². The highest BCUT2D eigenvalue weighted by molar-refractivity contribution is 7.88. The smallest absolute Gasteiger partial charge is 0.252 e. The molecule has 112 valence electrons. The number of nitrogens with one attached hydrogen (secondary N) is 1. The molecule has 1 heterocycles. The molecule has 0 fully saturated rings. The van der Waals surface area contributed by atoms with E-state index in [2.05, 4.69) is 10.3 Å². The number of aromatic nitrogens is 1. The molecule has 1 rings (SSSR count). The third kappa shape index (κ3) is 5.66. The zero-order chi connectivity index (χ0) is 15.0. The molecule has 0 bridgehead atoms. The van der Waals surface area contributed by atoms with E-state index in [-0.39, 0.29) is 19.0 Å². The number of amides is 1. The van der Waals surface area contributed by atoms with Gasteiger partial charge in [-0.2, -0.15) is 0 Å². The predicted molar refractivity (Wildman–Crippen MR) is 77.9 cm³/mol. The maximum atomic E-state index is 11.8. The van der Waals surface area contributed by atoms with Crippen LogP contribution in [0, 0.1) is 0 Å². The number of rotatable bonds is 8. The first-order valence-electron chi connectivity index (χ1n) is 6.58. The molecule has 0 radical (unpaired) electrons. The fraction of sp³-hybridized carbons (Fsp3) is 0.538. The minimum atomic E-state index is -3.23. The summed E-state index contributed by atoms with van der Waals surface area (Å²) in [4.78, 5) is 15.6. The maximum absolute atomic E-state index is 11.8. The van der Waals surface area contributed by atoms with Crippen LogP contribution in [0.1, 0.15) is 30.1 Å². The number of sulfonamides is 1. The number of pyridine rings is 1. The molecule has 0 saturated carbocycles. The molecule has 0 aromatic carbocycles. The SMILES string of the molecule is CCCCN(CCNC(=O)c1cccnc1)S(C)(=O)=O. The van der Waals surface area contributed by atoms with Crippen molar-refractivity contribution in [1.82, 2.24) is 14.6 Å². The van der Waals surface area contributed by atoms with Crippen molar-refractivity contribution in [3.63, 3.8) is 0 Å². The molecule has 0 spiro atoms. The van der Waals surface area contributed by atoms with E-state index >= 15 is 0 Å². The lowest BCUT2D eigenvalue weighted by atomic mass is 10.3. The van der Waals surface area contributed by atoms with E-state index in [0.29, 0.717) is 12.1 Å². The van der Waals surface area contributed by atoms with Gasteiger partial charge in [0, 0.05) is 32.0 Å². The Balaban J connectivity index is 2.46. The molecule has 1 N–H and O–H groups in total. The highest BCUT2D eigenvalue weighted by Crippen LogP contribution is 2.01. The Morgan fingerprint density at radius 3 is 2.70 bits per heavy atom. The standard InChI is InChI=1S/C13H21N3O3S/c1-3-4-9-16(20(2,18)19)10-8-15-13(17)12-6-5-7-14-11-12/h5-7,11H,3-4,8-10H2,1-2H3,(H,15,17). The summed E-state index contributed by atoms with van der Waals surface area (Å²) < 4.78 is 24.6. The summed E-state index contributed by atoms with van der Waals surface area (Å²) in [6.45, 7) is 3.05. The van der Waals surface area contributed by atoms with E-state index in [0.717, 1.165) is 12.8 Å². The summed E-state index contributed by atoms with van der Waals surface area (Å²) in [5.41, 5.74) is 0.465. The quantitative estimate of drug-likeness (QED) is 0.772. The fourth-order valence-electron chi connectivity index (χ4n) is 1.67. The molecular formula is C13H21N3O3S. The van der Waals surface area contributed by atoms with E-state index in [1.54, 1.807) is 18.3 Å². The van der Waals surface area contributed by atoms with Crippen molar-refractivity contribution in [1.29, 1.82) is 0 Å². The van der Waals surface area contributed by atoms with Crippen molar-refractivity contribution in [2.75, 3.05) is 25.9 Å². The van der Waals surface area contributed by atoms with E-state index < -0.39 is 10.0 Å². The molecule has 6 nitrogen and oxygen atoms in total. The average molecular weight is 299 g/mol. The minimum absolute atomic E-state index is 0.248. The van der Waals surface area contributed by atoms with Crippen molar-refractivity contribution < 1.29 is 13.2 Å². The molecule has 1 aromatic heterocycles. The van der Waals surface area contributed by atoms with Gasteiger partial charge in [0.2, 0.25) is 10.0 Å². The Labute approximate surface area is 120 Å². The normalized spacial score (nSPS) is 11.6. The number of carbonyl (C=O) groups excluding carboxylic acids is 1. The van der Waals surface area contributed by atoms with Gasteiger partial charge in [0.25, 0.3) is 5.91 Å².